The Morgan fingerprint density at radius 1 is 1.44 bits per heavy atom. The molecule has 1 saturated heterocycles. The molecule has 0 aromatic heterocycles. The lowest BCUT2D eigenvalue weighted by Crippen LogP contribution is -2.58. The minimum Gasteiger partial charge on any atom is -0.376 e. The molecular formula is C13H28N2O. The summed E-state index contributed by atoms with van der Waals surface area (Å²) in [5.41, 5.74) is 6.53. The molecule has 3 heteroatoms. The summed E-state index contributed by atoms with van der Waals surface area (Å²) in [5.74, 6) is 0. The Kier molecular flexibility index (Phi) is 4.77. The normalized spacial score (nSPS) is 27.8. The highest BCUT2D eigenvalue weighted by Crippen LogP contribution is 2.28. The van der Waals surface area contributed by atoms with Crippen molar-refractivity contribution in [2.75, 3.05) is 19.7 Å². The van der Waals surface area contributed by atoms with Crippen LogP contribution in [0, 0.1) is 5.41 Å². The molecule has 16 heavy (non-hydrogen) atoms. The first-order chi connectivity index (χ1) is 7.36. The van der Waals surface area contributed by atoms with Crippen molar-refractivity contribution in [3.8, 4) is 0 Å². The van der Waals surface area contributed by atoms with E-state index >= 15 is 0 Å². The minimum absolute atomic E-state index is 0.229. The second-order valence-corrected chi connectivity index (χ2v) is 6.06. The maximum Gasteiger partial charge on any atom is 0.0674 e. The lowest BCUT2D eigenvalue weighted by atomic mass is 9.80. The second-order valence-electron chi connectivity index (χ2n) is 6.06. The lowest BCUT2D eigenvalue weighted by molar-refractivity contribution is -0.0578. The summed E-state index contributed by atoms with van der Waals surface area (Å²) in [4.78, 5) is 2.52. The molecule has 0 saturated carbocycles. The average molecular weight is 228 g/mol. The van der Waals surface area contributed by atoms with E-state index in [1.165, 1.54) is 0 Å². The van der Waals surface area contributed by atoms with Crippen LogP contribution in [-0.2, 0) is 4.74 Å². The molecule has 1 aliphatic rings. The Hall–Kier alpha value is -0.120. The van der Waals surface area contributed by atoms with Crippen molar-refractivity contribution in [2.24, 2.45) is 11.1 Å². The monoisotopic (exact) mass is 228 g/mol. The molecule has 96 valence electrons. The van der Waals surface area contributed by atoms with Crippen LogP contribution in [0.5, 0.6) is 0 Å². The highest BCUT2D eigenvalue weighted by molar-refractivity contribution is 4.92. The number of hydrogen-bond donors (Lipinski definition) is 1. The predicted octanol–water partition coefficient (Wildman–Crippen LogP) is 1.86. The van der Waals surface area contributed by atoms with Crippen LogP contribution in [0.4, 0.5) is 0 Å². The molecule has 0 aromatic rings. The van der Waals surface area contributed by atoms with Crippen molar-refractivity contribution in [2.45, 2.75) is 59.2 Å². The Morgan fingerprint density at radius 3 is 2.50 bits per heavy atom. The average Bonchev–Trinajstić information content (AvgIpc) is 2.15. The van der Waals surface area contributed by atoms with E-state index in [-0.39, 0.29) is 11.5 Å². The van der Waals surface area contributed by atoms with Crippen LogP contribution < -0.4 is 5.73 Å². The molecule has 0 bridgehead atoms. The first kappa shape index (κ1) is 13.9. The first-order valence-corrected chi connectivity index (χ1v) is 6.47. The van der Waals surface area contributed by atoms with Crippen molar-refractivity contribution in [3.63, 3.8) is 0 Å². The summed E-state index contributed by atoms with van der Waals surface area (Å²) in [5, 5.41) is 0. The van der Waals surface area contributed by atoms with Crippen molar-refractivity contribution in [1.29, 1.82) is 0 Å². The van der Waals surface area contributed by atoms with E-state index in [1.807, 2.05) is 0 Å². The van der Waals surface area contributed by atoms with Crippen LogP contribution in [0.3, 0.4) is 0 Å². The highest BCUT2D eigenvalue weighted by atomic mass is 16.5. The summed E-state index contributed by atoms with van der Waals surface area (Å²) in [6.45, 7) is 14.0. The van der Waals surface area contributed by atoms with Gasteiger partial charge in [-0.15, -0.1) is 0 Å². The molecule has 1 heterocycles. The maximum absolute atomic E-state index is 6.30. The third-order valence-corrected chi connectivity index (χ3v) is 3.43. The molecule has 0 spiro atoms. The topological polar surface area (TPSA) is 38.5 Å². The van der Waals surface area contributed by atoms with E-state index in [2.05, 4.69) is 39.5 Å². The number of nitrogens with zero attached hydrogens (tertiary/aromatic N) is 1. The van der Waals surface area contributed by atoms with Gasteiger partial charge in [0.05, 0.1) is 12.7 Å². The van der Waals surface area contributed by atoms with Crippen LogP contribution in [0.2, 0.25) is 0 Å². The van der Waals surface area contributed by atoms with Gasteiger partial charge in [-0.3, -0.25) is 4.90 Å². The van der Waals surface area contributed by atoms with E-state index in [4.69, 9.17) is 10.5 Å². The van der Waals surface area contributed by atoms with Gasteiger partial charge in [0.25, 0.3) is 0 Å². The molecule has 2 N–H and O–H groups in total. The molecular weight excluding hydrogens is 200 g/mol. The van der Waals surface area contributed by atoms with Crippen molar-refractivity contribution >= 4 is 0 Å². The zero-order valence-electron chi connectivity index (χ0n) is 11.5. The van der Waals surface area contributed by atoms with Crippen LogP contribution in [0.1, 0.15) is 41.0 Å². The number of rotatable bonds is 3. The SMILES string of the molecule is CCC(N)C(N1CCOC(C)C1)C(C)(C)C. The number of ether oxygens (including phenoxy) is 1. The predicted molar refractivity (Wildman–Crippen MR) is 68.5 cm³/mol. The molecule has 1 fully saturated rings. The molecule has 0 aromatic carbocycles. The molecule has 1 aliphatic heterocycles. The largest absolute Gasteiger partial charge is 0.376 e. The Labute approximate surface area is 100 Å². The highest BCUT2D eigenvalue weighted by Gasteiger charge is 2.36. The summed E-state index contributed by atoms with van der Waals surface area (Å²) < 4.78 is 5.60. The van der Waals surface area contributed by atoms with Gasteiger partial charge in [0.2, 0.25) is 0 Å². The minimum atomic E-state index is 0.229. The quantitative estimate of drug-likeness (QED) is 0.801. The smallest absolute Gasteiger partial charge is 0.0674 e. The van der Waals surface area contributed by atoms with Crippen LogP contribution in [0.15, 0.2) is 0 Å². The van der Waals surface area contributed by atoms with Gasteiger partial charge < -0.3 is 10.5 Å². The third-order valence-electron chi connectivity index (χ3n) is 3.43. The van der Waals surface area contributed by atoms with E-state index in [0.717, 1.165) is 26.1 Å². The van der Waals surface area contributed by atoms with E-state index in [9.17, 15) is 0 Å². The van der Waals surface area contributed by atoms with Gasteiger partial charge >= 0.3 is 0 Å². The number of nitrogens with two attached hydrogens (primary N) is 1. The fraction of sp³-hybridized carbons (Fsp3) is 1.00. The second kappa shape index (κ2) is 5.48. The van der Waals surface area contributed by atoms with Gasteiger partial charge in [-0.2, -0.15) is 0 Å². The summed E-state index contributed by atoms with van der Waals surface area (Å²) in [7, 11) is 0. The Balaban J connectivity index is 2.75. The molecule has 3 nitrogen and oxygen atoms in total. The zero-order valence-corrected chi connectivity index (χ0v) is 11.5. The van der Waals surface area contributed by atoms with E-state index in [0.29, 0.717) is 12.1 Å². The standard InChI is InChI=1S/C13H28N2O/c1-6-11(14)12(13(3,4)5)15-7-8-16-10(2)9-15/h10-12H,6-9,14H2,1-5H3. The molecule has 0 aliphatic carbocycles. The Bertz CT molecular complexity index is 212. The van der Waals surface area contributed by atoms with Gasteiger partial charge in [-0.1, -0.05) is 27.7 Å². The Morgan fingerprint density at radius 2 is 2.06 bits per heavy atom. The van der Waals surface area contributed by atoms with Gasteiger partial charge in [0.15, 0.2) is 0 Å². The summed E-state index contributed by atoms with van der Waals surface area (Å²) in [6, 6.07) is 0.703. The number of morpholine rings is 1. The van der Waals surface area contributed by atoms with Crippen molar-refractivity contribution < 1.29 is 4.74 Å². The van der Waals surface area contributed by atoms with Gasteiger partial charge in [-0.05, 0) is 18.8 Å². The molecule has 1 rings (SSSR count). The molecule has 0 radical (unpaired) electrons. The molecule has 3 unspecified atom stereocenters. The van der Waals surface area contributed by atoms with Crippen molar-refractivity contribution in [3.05, 3.63) is 0 Å². The molecule has 0 amide bonds. The van der Waals surface area contributed by atoms with Gasteiger partial charge in [0.1, 0.15) is 0 Å². The molecule has 3 atom stereocenters. The zero-order chi connectivity index (χ0) is 12.3. The summed E-state index contributed by atoms with van der Waals surface area (Å²) in [6.07, 6.45) is 1.37. The van der Waals surface area contributed by atoms with Crippen molar-refractivity contribution in [1.82, 2.24) is 4.90 Å². The van der Waals surface area contributed by atoms with Crippen LogP contribution in [0.25, 0.3) is 0 Å². The van der Waals surface area contributed by atoms with Gasteiger partial charge in [0, 0.05) is 25.2 Å². The van der Waals surface area contributed by atoms with E-state index < -0.39 is 0 Å². The fourth-order valence-electron chi connectivity index (χ4n) is 2.78. The third kappa shape index (κ3) is 3.44. The fourth-order valence-corrected chi connectivity index (χ4v) is 2.78. The number of hydrogen-bond acceptors (Lipinski definition) is 3. The van der Waals surface area contributed by atoms with Gasteiger partial charge in [-0.25, -0.2) is 0 Å². The lowest BCUT2D eigenvalue weighted by Gasteiger charge is -2.46. The maximum atomic E-state index is 6.30. The van der Waals surface area contributed by atoms with E-state index in [1.54, 1.807) is 0 Å². The summed E-state index contributed by atoms with van der Waals surface area (Å²) >= 11 is 0. The van der Waals surface area contributed by atoms with Crippen LogP contribution >= 0.6 is 0 Å². The van der Waals surface area contributed by atoms with Crippen LogP contribution in [-0.4, -0.2) is 42.8 Å². The first-order valence-electron chi connectivity index (χ1n) is 6.47.